The normalized spacial score (nSPS) is 22.3. The number of hydrogen-bond acceptors (Lipinski definition) is 3. The van der Waals surface area contributed by atoms with Gasteiger partial charge in [0.1, 0.15) is 0 Å². The van der Waals surface area contributed by atoms with Crippen LogP contribution in [0.2, 0.25) is 0 Å². The van der Waals surface area contributed by atoms with Crippen molar-refractivity contribution in [3.63, 3.8) is 0 Å². The maximum absolute atomic E-state index is 12.5. The highest BCUT2D eigenvalue weighted by atomic mass is 32.2. The molecule has 0 aromatic heterocycles. The molecule has 6 heteroatoms. The molecule has 1 amide bonds. The number of benzene rings is 1. The molecule has 1 N–H and O–H groups in total. The molecule has 5 nitrogen and oxygen atoms in total. The number of carbonyl (C=O) groups is 1. The van der Waals surface area contributed by atoms with Crippen LogP contribution in [0.1, 0.15) is 18.4 Å². The summed E-state index contributed by atoms with van der Waals surface area (Å²) >= 11 is 0. The van der Waals surface area contributed by atoms with Crippen molar-refractivity contribution in [2.24, 2.45) is 0 Å². The molecule has 108 valence electrons. The van der Waals surface area contributed by atoms with Gasteiger partial charge in [-0.25, -0.2) is 8.42 Å². The van der Waals surface area contributed by atoms with Gasteiger partial charge in [-0.05, 0) is 18.4 Å². The molecule has 1 saturated heterocycles. The zero-order valence-corrected chi connectivity index (χ0v) is 12.0. The summed E-state index contributed by atoms with van der Waals surface area (Å²) in [5.41, 5.74) is 0.846. The Bertz CT molecular complexity index is 609. The molecule has 20 heavy (non-hydrogen) atoms. The number of nitrogens with zero attached hydrogens (tertiary/aromatic N) is 1. The van der Waals surface area contributed by atoms with Crippen molar-refractivity contribution in [2.45, 2.75) is 18.3 Å². The van der Waals surface area contributed by atoms with E-state index >= 15 is 0 Å². The van der Waals surface area contributed by atoms with E-state index in [4.69, 9.17) is 0 Å². The zero-order chi connectivity index (χ0) is 14.2. The van der Waals surface area contributed by atoms with E-state index in [1.165, 1.54) is 4.31 Å². The highest BCUT2D eigenvalue weighted by Crippen LogP contribution is 2.49. The molecule has 2 aliphatic rings. The molecular formula is C14H18N2O3S. The number of sulfonamides is 1. The highest BCUT2D eigenvalue weighted by molar-refractivity contribution is 7.89. The topological polar surface area (TPSA) is 66.5 Å². The van der Waals surface area contributed by atoms with Gasteiger partial charge in [0.05, 0.1) is 12.3 Å². The minimum atomic E-state index is -3.39. The van der Waals surface area contributed by atoms with Gasteiger partial charge in [0, 0.05) is 18.5 Å². The number of nitrogens with one attached hydrogen (secondary N) is 1. The molecule has 1 aromatic rings. The van der Waals surface area contributed by atoms with Crippen molar-refractivity contribution >= 4 is 15.9 Å². The van der Waals surface area contributed by atoms with Gasteiger partial charge in [-0.15, -0.1) is 0 Å². The lowest BCUT2D eigenvalue weighted by Gasteiger charge is -2.28. The lowest BCUT2D eigenvalue weighted by molar-refractivity contribution is -0.122. The van der Waals surface area contributed by atoms with Gasteiger partial charge in [-0.2, -0.15) is 4.31 Å². The molecule has 1 heterocycles. The number of amides is 1. The van der Waals surface area contributed by atoms with Crippen LogP contribution in [0.4, 0.5) is 0 Å². The smallest absolute Gasteiger partial charge is 0.235 e. The van der Waals surface area contributed by atoms with Gasteiger partial charge in [0.2, 0.25) is 15.9 Å². The molecule has 1 saturated carbocycles. The predicted molar refractivity (Wildman–Crippen MR) is 75.7 cm³/mol. The third kappa shape index (κ3) is 2.58. The Balaban J connectivity index is 1.78. The number of hydrogen-bond donors (Lipinski definition) is 1. The molecule has 0 radical (unpaired) electrons. The average molecular weight is 294 g/mol. The Kier molecular flexibility index (Phi) is 3.30. The van der Waals surface area contributed by atoms with Crippen molar-refractivity contribution in [1.29, 1.82) is 0 Å². The molecule has 1 aliphatic heterocycles. The van der Waals surface area contributed by atoms with E-state index in [1.54, 1.807) is 0 Å². The second kappa shape index (κ2) is 4.86. The van der Waals surface area contributed by atoms with Crippen LogP contribution in [0, 0.1) is 0 Å². The fourth-order valence-electron chi connectivity index (χ4n) is 2.75. The molecular weight excluding hydrogens is 276 g/mol. The van der Waals surface area contributed by atoms with Gasteiger partial charge >= 0.3 is 0 Å². The van der Waals surface area contributed by atoms with Crippen LogP contribution >= 0.6 is 0 Å². The summed E-state index contributed by atoms with van der Waals surface area (Å²) in [7, 11) is -3.39. The van der Waals surface area contributed by atoms with E-state index in [0.717, 1.165) is 18.4 Å². The first kappa shape index (κ1) is 13.6. The maximum atomic E-state index is 12.5. The van der Waals surface area contributed by atoms with Crippen molar-refractivity contribution in [1.82, 2.24) is 9.62 Å². The van der Waals surface area contributed by atoms with Crippen LogP contribution in [0.15, 0.2) is 30.3 Å². The molecule has 0 bridgehead atoms. The summed E-state index contributed by atoms with van der Waals surface area (Å²) in [5.74, 6) is -0.110. The lowest BCUT2D eigenvalue weighted by atomic mass is 9.99. The van der Waals surface area contributed by atoms with Gasteiger partial charge in [-0.3, -0.25) is 4.79 Å². The SMILES string of the molecule is O=C1CN(S(=O)(=O)CC2(c3ccccc3)CC2)CCN1. The molecule has 1 aliphatic carbocycles. The number of piperazine rings is 1. The summed E-state index contributed by atoms with van der Waals surface area (Å²) in [6.07, 6.45) is 1.80. The van der Waals surface area contributed by atoms with E-state index < -0.39 is 10.0 Å². The summed E-state index contributed by atoms with van der Waals surface area (Å²) < 4.78 is 26.3. The number of carbonyl (C=O) groups excluding carboxylic acids is 1. The van der Waals surface area contributed by atoms with Crippen LogP contribution in [-0.4, -0.2) is 44.0 Å². The lowest BCUT2D eigenvalue weighted by Crippen LogP contribution is -2.51. The standard InChI is InChI=1S/C14H18N2O3S/c17-13-10-16(9-8-15-13)20(18,19)11-14(6-7-14)12-4-2-1-3-5-12/h1-5H,6-11H2,(H,15,17). The van der Waals surface area contributed by atoms with Gasteiger partial charge in [0.15, 0.2) is 0 Å². The van der Waals surface area contributed by atoms with E-state index in [1.807, 2.05) is 30.3 Å². The van der Waals surface area contributed by atoms with Crippen molar-refractivity contribution in [3.8, 4) is 0 Å². The Hall–Kier alpha value is -1.40. The summed E-state index contributed by atoms with van der Waals surface area (Å²) in [6, 6.07) is 9.80. The first-order valence-electron chi connectivity index (χ1n) is 6.82. The molecule has 2 fully saturated rings. The summed E-state index contributed by atoms with van der Waals surface area (Å²) in [5, 5.41) is 2.65. The Labute approximate surface area is 119 Å². The quantitative estimate of drug-likeness (QED) is 0.878. The van der Waals surface area contributed by atoms with Gasteiger partial charge < -0.3 is 5.32 Å². The van der Waals surface area contributed by atoms with Crippen LogP contribution in [0.3, 0.4) is 0 Å². The van der Waals surface area contributed by atoms with E-state index in [-0.39, 0.29) is 23.6 Å². The van der Waals surface area contributed by atoms with Crippen LogP contribution in [0.5, 0.6) is 0 Å². The van der Waals surface area contributed by atoms with E-state index in [2.05, 4.69) is 5.32 Å². The highest BCUT2D eigenvalue weighted by Gasteiger charge is 2.49. The summed E-state index contributed by atoms with van der Waals surface area (Å²) in [4.78, 5) is 11.4. The van der Waals surface area contributed by atoms with E-state index in [9.17, 15) is 13.2 Å². The van der Waals surface area contributed by atoms with Crippen LogP contribution < -0.4 is 5.32 Å². The van der Waals surface area contributed by atoms with E-state index in [0.29, 0.717) is 13.1 Å². The molecule has 0 unspecified atom stereocenters. The minimum absolute atomic E-state index is 0.0484. The third-order valence-corrected chi connectivity index (χ3v) is 6.11. The minimum Gasteiger partial charge on any atom is -0.354 e. The summed E-state index contributed by atoms with van der Waals surface area (Å²) in [6.45, 7) is 0.725. The monoisotopic (exact) mass is 294 g/mol. The number of rotatable bonds is 4. The third-order valence-electron chi connectivity index (χ3n) is 4.10. The van der Waals surface area contributed by atoms with Gasteiger partial charge in [-0.1, -0.05) is 30.3 Å². The van der Waals surface area contributed by atoms with Crippen molar-refractivity contribution in [3.05, 3.63) is 35.9 Å². The maximum Gasteiger partial charge on any atom is 0.235 e. The first-order valence-corrected chi connectivity index (χ1v) is 8.43. The molecule has 0 spiro atoms. The Morgan fingerprint density at radius 1 is 1.20 bits per heavy atom. The second-order valence-electron chi connectivity index (χ2n) is 5.59. The predicted octanol–water partition coefficient (Wildman–Crippen LogP) is 0.480. The van der Waals surface area contributed by atoms with Gasteiger partial charge in [0.25, 0.3) is 0 Å². The Morgan fingerprint density at radius 2 is 1.90 bits per heavy atom. The molecule has 0 atom stereocenters. The Morgan fingerprint density at radius 3 is 2.50 bits per heavy atom. The van der Waals surface area contributed by atoms with Crippen molar-refractivity contribution < 1.29 is 13.2 Å². The largest absolute Gasteiger partial charge is 0.354 e. The first-order chi connectivity index (χ1) is 9.52. The molecule has 1 aromatic carbocycles. The zero-order valence-electron chi connectivity index (χ0n) is 11.2. The van der Waals surface area contributed by atoms with Crippen molar-refractivity contribution in [2.75, 3.05) is 25.4 Å². The second-order valence-corrected chi connectivity index (χ2v) is 7.55. The van der Waals surface area contributed by atoms with Crippen LogP contribution in [0.25, 0.3) is 0 Å². The average Bonchev–Trinajstić information content (AvgIpc) is 3.20. The van der Waals surface area contributed by atoms with Crippen LogP contribution in [-0.2, 0) is 20.2 Å². The fraction of sp³-hybridized carbons (Fsp3) is 0.500. The molecule has 3 rings (SSSR count). The fourth-order valence-corrected chi connectivity index (χ4v) is 4.77.